The topological polar surface area (TPSA) is 131 Å². The molecule has 1 aromatic carbocycles. The third-order valence-corrected chi connectivity index (χ3v) is 3.24. The molecule has 0 aromatic heterocycles. The Balaban J connectivity index is 2.21. The van der Waals surface area contributed by atoms with Crippen molar-refractivity contribution in [2.24, 2.45) is 0 Å². The number of esters is 3. The highest BCUT2D eigenvalue weighted by molar-refractivity contribution is 5.93. The standard InChI is InChI=1S/C17H21NO9/c1-13(19)27-15-9-6-5-8-14(15)17(21)25-12-24-16(20)10-4-2-3-7-11-26-18(22)23/h5-6,8-9H,2-4,7,10-12H2,1H3. The number of benzene rings is 1. The molecule has 0 fully saturated rings. The summed E-state index contributed by atoms with van der Waals surface area (Å²) in [6.07, 6.45) is 2.57. The summed E-state index contributed by atoms with van der Waals surface area (Å²) in [5.74, 6) is -1.84. The van der Waals surface area contributed by atoms with Crippen LogP contribution < -0.4 is 4.74 Å². The molecule has 0 saturated heterocycles. The molecule has 0 atom stereocenters. The fourth-order valence-electron chi connectivity index (χ4n) is 2.04. The third-order valence-electron chi connectivity index (χ3n) is 3.24. The maximum absolute atomic E-state index is 12.0. The zero-order valence-corrected chi connectivity index (χ0v) is 14.9. The first-order valence-corrected chi connectivity index (χ1v) is 8.27. The minimum absolute atomic E-state index is 0.0300. The van der Waals surface area contributed by atoms with Crippen LogP contribution in [0.4, 0.5) is 0 Å². The molecule has 0 spiro atoms. The maximum Gasteiger partial charge on any atom is 0.344 e. The summed E-state index contributed by atoms with van der Waals surface area (Å²) in [5, 5.41) is 9.10. The highest BCUT2D eigenvalue weighted by Crippen LogP contribution is 2.19. The molecule has 10 nitrogen and oxygen atoms in total. The van der Waals surface area contributed by atoms with Crippen molar-refractivity contribution in [3.8, 4) is 5.75 Å². The van der Waals surface area contributed by atoms with E-state index in [-0.39, 0.29) is 24.3 Å². The van der Waals surface area contributed by atoms with Crippen molar-refractivity contribution >= 4 is 17.9 Å². The molecular weight excluding hydrogens is 362 g/mol. The van der Waals surface area contributed by atoms with Crippen molar-refractivity contribution in [3.05, 3.63) is 39.9 Å². The van der Waals surface area contributed by atoms with Gasteiger partial charge in [-0.3, -0.25) is 9.59 Å². The van der Waals surface area contributed by atoms with E-state index in [1.807, 2.05) is 0 Å². The summed E-state index contributed by atoms with van der Waals surface area (Å²) < 4.78 is 14.6. The Morgan fingerprint density at radius 2 is 1.74 bits per heavy atom. The van der Waals surface area contributed by atoms with Crippen molar-refractivity contribution in [3.63, 3.8) is 0 Å². The Morgan fingerprint density at radius 1 is 1.04 bits per heavy atom. The van der Waals surface area contributed by atoms with Gasteiger partial charge in [0.25, 0.3) is 5.09 Å². The van der Waals surface area contributed by atoms with Gasteiger partial charge in [-0.05, 0) is 25.0 Å². The van der Waals surface area contributed by atoms with Crippen molar-refractivity contribution in [2.75, 3.05) is 13.4 Å². The molecule has 27 heavy (non-hydrogen) atoms. The second-order valence-electron chi connectivity index (χ2n) is 5.38. The van der Waals surface area contributed by atoms with Gasteiger partial charge in [0.15, 0.2) is 0 Å². The Labute approximate surface area is 155 Å². The van der Waals surface area contributed by atoms with Crippen LogP contribution in [0.25, 0.3) is 0 Å². The van der Waals surface area contributed by atoms with Crippen LogP contribution in [0.2, 0.25) is 0 Å². The summed E-state index contributed by atoms with van der Waals surface area (Å²) in [7, 11) is 0. The molecule has 10 heteroatoms. The molecule has 0 aliphatic heterocycles. The summed E-state index contributed by atoms with van der Waals surface area (Å²) in [4.78, 5) is 48.7. The lowest BCUT2D eigenvalue weighted by Crippen LogP contribution is -2.14. The van der Waals surface area contributed by atoms with E-state index in [1.54, 1.807) is 12.1 Å². The average Bonchev–Trinajstić information content (AvgIpc) is 2.60. The summed E-state index contributed by atoms with van der Waals surface area (Å²) >= 11 is 0. The molecule has 0 radical (unpaired) electrons. The number of nitrogens with zero attached hydrogens (tertiary/aromatic N) is 1. The molecule has 0 aliphatic carbocycles. The molecule has 0 heterocycles. The van der Waals surface area contributed by atoms with Gasteiger partial charge >= 0.3 is 17.9 Å². The highest BCUT2D eigenvalue weighted by Gasteiger charge is 2.15. The first-order valence-electron chi connectivity index (χ1n) is 8.27. The number of para-hydroxylation sites is 1. The molecule has 0 amide bonds. The van der Waals surface area contributed by atoms with Crippen molar-refractivity contribution in [1.82, 2.24) is 0 Å². The molecule has 0 aliphatic rings. The first-order chi connectivity index (χ1) is 12.9. The lowest BCUT2D eigenvalue weighted by molar-refractivity contribution is -0.757. The van der Waals surface area contributed by atoms with E-state index in [2.05, 4.69) is 4.84 Å². The van der Waals surface area contributed by atoms with Crippen LogP contribution in [0.3, 0.4) is 0 Å². The van der Waals surface area contributed by atoms with Crippen molar-refractivity contribution in [1.29, 1.82) is 0 Å². The maximum atomic E-state index is 12.0. The number of hydrogen-bond acceptors (Lipinski definition) is 9. The quantitative estimate of drug-likeness (QED) is 0.133. The van der Waals surface area contributed by atoms with Gasteiger partial charge in [-0.25, -0.2) is 4.79 Å². The summed E-state index contributed by atoms with van der Waals surface area (Å²) in [6.45, 7) is 0.685. The number of rotatable bonds is 12. The third kappa shape index (κ3) is 9.78. The van der Waals surface area contributed by atoms with Crippen LogP contribution in [0.15, 0.2) is 24.3 Å². The van der Waals surface area contributed by atoms with Gasteiger partial charge in [-0.1, -0.05) is 25.0 Å². The van der Waals surface area contributed by atoms with Gasteiger partial charge in [-0.15, -0.1) is 10.1 Å². The monoisotopic (exact) mass is 383 g/mol. The van der Waals surface area contributed by atoms with Crippen molar-refractivity contribution in [2.45, 2.75) is 39.0 Å². The fraction of sp³-hybridized carbons (Fsp3) is 0.471. The van der Waals surface area contributed by atoms with E-state index in [0.29, 0.717) is 25.7 Å². The number of ether oxygens (including phenoxy) is 3. The second kappa shape index (κ2) is 12.2. The second-order valence-corrected chi connectivity index (χ2v) is 5.38. The largest absolute Gasteiger partial charge is 0.428 e. The average molecular weight is 383 g/mol. The van der Waals surface area contributed by atoms with Gasteiger partial charge in [0.1, 0.15) is 11.3 Å². The minimum Gasteiger partial charge on any atom is -0.428 e. The number of carbonyl (C=O) groups is 3. The van der Waals surface area contributed by atoms with E-state index < -0.39 is 29.8 Å². The normalized spacial score (nSPS) is 9.96. The van der Waals surface area contributed by atoms with Gasteiger partial charge in [-0.2, -0.15) is 0 Å². The zero-order chi connectivity index (χ0) is 20.1. The Hall–Kier alpha value is -3.17. The Morgan fingerprint density at radius 3 is 2.44 bits per heavy atom. The lowest BCUT2D eigenvalue weighted by atomic mass is 10.1. The molecule has 148 valence electrons. The SMILES string of the molecule is CC(=O)Oc1ccccc1C(=O)OCOC(=O)CCCCCCO[N+](=O)[O-]. The first kappa shape index (κ1) is 21.9. The van der Waals surface area contributed by atoms with Gasteiger partial charge in [0.05, 0.1) is 6.61 Å². The predicted octanol–water partition coefficient (Wildman–Crippen LogP) is 2.43. The summed E-state index contributed by atoms with van der Waals surface area (Å²) in [5.41, 5.74) is 0.0423. The lowest BCUT2D eigenvalue weighted by Gasteiger charge is -2.09. The smallest absolute Gasteiger partial charge is 0.344 e. The van der Waals surface area contributed by atoms with Gasteiger partial charge in [0, 0.05) is 13.3 Å². The molecule has 1 rings (SSSR count). The number of hydrogen-bond donors (Lipinski definition) is 0. The van der Waals surface area contributed by atoms with Crippen molar-refractivity contribution < 1.29 is 38.5 Å². The highest BCUT2D eigenvalue weighted by atomic mass is 16.9. The van der Waals surface area contributed by atoms with E-state index in [9.17, 15) is 24.5 Å². The number of carbonyl (C=O) groups excluding carboxylic acids is 3. The molecule has 0 saturated carbocycles. The molecule has 0 bridgehead atoms. The van der Waals surface area contributed by atoms with E-state index >= 15 is 0 Å². The van der Waals surface area contributed by atoms with Crippen LogP contribution in [-0.4, -0.2) is 36.4 Å². The zero-order valence-electron chi connectivity index (χ0n) is 14.9. The van der Waals surface area contributed by atoms with Gasteiger partial charge in [0.2, 0.25) is 6.79 Å². The number of unbranched alkanes of at least 4 members (excludes halogenated alkanes) is 3. The predicted molar refractivity (Wildman–Crippen MR) is 90.2 cm³/mol. The minimum atomic E-state index is -0.844. The van der Waals surface area contributed by atoms with Crippen LogP contribution in [0.5, 0.6) is 5.75 Å². The Kier molecular flexibility index (Phi) is 9.90. The van der Waals surface area contributed by atoms with E-state index in [0.717, 1.165) is 0 Å². The molecule has 0 unspecified atom stereocenters. The van der Waals surface area contributed by atoms with Crippen LogP contribution in [-0.2, 0) is 23.9 Å². The van der Waals surface area contributed by atoms with Crippen LogP contribution in [0, 0.1) is 10.1 Å². The Bertz CT molecular complexity index is 660. The molecular formula is C17H21NO9. The van der Waals surface area contributed by atoms with E-state index in [1.165, 1.54) is 19.1 Å². The van der Waals surface area contributed by atoms with Crippen LogP contribution in [0.1, 0.15) is 49.4 Å². The summed E-state index contributed by atoms with van der Waals surface area (Å²) in [6, 6.07) is 6.04. The van der Waals surface area contributed by atoms with E-state index in [4.69, 9.17) is 14.2 Å². The van der Waals surface area contributed by atoms with Gasteiger partial charge < -0.3 is 19.0 Å². The van der Waals surface area contributed by atoms with Crippen LogP contribution >= 0.6 is 0 Å². The molecule has 1 aromatic rings. The fourth-order valence-corrected chi connectivity index (χ4v) is 2.04. The molecule has 0 N–H and O–H groups in total.